The molecular formula is C16H20N2OS. The van der Waals surface area contributed by atoms with E-state index in [0.29, 0.717) is 5.82 Å². The fourth-order valence-electron chi connectivity index (χ4n) is 1.85. The van der Waals surface area contributed by atoms with E-state index in [-0.39, 0.29) is 11.0 Å². The number of hydrogen-bond acceptors (Lipinski definition) is 3. The Morgan fingerprint density at radius 3 is 2.40 bits per heavy atom. The number of thioether (sulfide) groups is 1. The molecular weight excluding hydrogens is 268 g/mol. The number of nitrogens with zero attached hydrogens (tertiary/aromatic N) is 1. The van der Waals surface area contributed by atoms with E-state index in [9.17, 15) is 4.79 Å². The molecule has 2 aromatic rings. The third-order valence-corrected chi connectivity index (χ3v) is 3.84. The average Bonchev–Trinajstić information content (AvgIpc) is 2.38. The van der Waals surface area contributed by atoms with Gasteiger partial charge in [0.2, 0.25) is 0 Å². The normalized spacial score (nSPS) is 11.6. The monoisotopic (exact) mass is 288 g/mol. The molecule has 0 aliphatic rings. The van der Waals surface area contributed by atoms with Gasteiger partial charge >= 0.3 is 0 Å². The summed E-state index contributed by atoms with van der Waals surface area (Å²) in [4.78, 5) is 20.4. The number of aromatic amines is 1. The number of benzene rings is 1. The Balaban J connectivity index is 2.42. The zero-order valence-corrected chi connectivity index (χ0v) is 13.2. The molecule has 4 heteroatoms. The number of hydrogen-bond donors (Lipinski definition) is 1. The Bertz CT molecular complexity index is 639. The van der Waals surface area contributed by atoms with E-state index in [2.05, 4.69) is 49.8 Å². The molecule has 0 unspecified atom stereocenters. The molecule has 2 rings (SSSR count). The quantitative estimate of drug-likeness (QED) is 0.873. The minimum absolute atomic E-state index is 0.105. The summed E-state index contributed by atoms with van der Waals surface area (Å²) in [5, 5.41) is 0. The lowest BCUT2D eigenvalue weighted by atomic mass is 9.92. The van der Waals surface area contributed by atoms with Crippen LogP contribution in [0.3, 0.4) is 0 Å². The molecule has 20 heavy (non-hydrogen) atoms. The summed E-state index contributed by atoms with van der Waals surface area (Å²) >= 11 is 1.80. The van der Waals surface area contributed by atoms with Crippen LogP contribution in [-0.4, -0.2) is 15.7 Å². The van der Waals surface area contributed by atoms with Gasteiger partial charge in [0.1, 0.15) is 5.82 Å². The van der Waals surface area contributed by atoms with Crippen LogP contribution in [0.2, 0.25) is 0 Å². The van der Waals surface area contributed by atoms with Gasteiger partial charge in [-0.15, -0.1) is 11.8 Å². The molecule has 0 spiro atoms. The van der Waals surface area contributed by atoms with Crippen LogP contribution in [-0.2, 0) is 5.41 Å². The van der Waals surface area contributed by atoms with Gasteiger partial charge in [-0.1, -0.05) is 39.8 Å². The van der Waals surface area contributed by atoms with Gasteiger partial charge in [0, 0.05) is 21.9 Å². The maximum atomic E-state index is 11.8. The Kier molecular flexibility index (Phi) is 4.33. The molecule has 0 atom stereocenters. The molecule has 0 aliphatic carbocycles. The summed E-state index contributed by atoms with van der Waals surface area (Å²) in [5.74, 6) is 1.68. The molecule has 0 bridgehead atoms. The van der Waals surface area contributed by atoms with Crippen LogP contribution in [0, 0.1) is 0 Å². The van der Waals surface area contributed by atoms with E-state index in [4.69, 9.17) is 0 Å². The Hall–Kier alpha value is -1.55. The van der Waals surface area contributed by atoms with E-state index >= 15 is 0 Å². The van der Waals surface area contributed by atoms with E-state index in [1.54, 1.807) is 17.8 Å². The molecule has 0 amide bonds. The minimum Gasteiger partial charge on any atom is -0.307 e. The first-order valence-electron chi connectivity index (χ1n) is 6.75. The van der Waals surface area contributed by atoms with Gasteiger partial charge < -0.3 is 4.98 Å². The highest BCUT2D eigenvalue weighted by Gasteiger charge is 2.17. The van der Waals surface area contributed by atoms with E-state index in [1.807, 2.05) is 12.1 Å². The fraction of sp³-hybridized carbons (Fsp3) is 0.375. The molecule has 3 nitrogen and oxygen atoms in total. The van der Waals surface area contributed by atoms with Crippen molar-refractivity contribution in [2.75, 3.05) is 5.75 Å². The third kappa shape index (κ3) is 3.51. The highest BCUT2D eigenvalue weighted by molar-refractivity contribution is 7.99. The van der Waals surface area contributed by atoms with Crippen LogP contribution < -0.4 is 5.56 Å². The number of nitrogens with one attached hydrogen (secondary N) is 1. The van der Waals surface area contributed by atoms with Crippen molar-refractivity contribution in [1.29, 1.82) is 0 Å². The van der Waals surface area contributed by atoms with Crippen LogP contribution >= 0.6 is 11.8 Å². The number of aromatic nitrogens is 2. The Morgan fingerprint density at radius 1 is 1.20 bits per heavy atom. The largest absolute Gasteiger partial charge is 0.307 e. The van der Waals surface area contributed by atoms with Gasteiger partial charge in [-0.25, -0.2) is 4.98 Å². The van der Waals surface area contributed by atoms with Gasteiger partial charge in [0.15, 0.2) is 0 Å². The van der Waals surface area contributed by atoms with Gasteiger partial charge in [-0.05, 0) is 17.9 Å². The summed E-state index contributed by atoms with van der Waals surface area (Å²) in [6.07, 6.45) is 0. The molecule has 1 heterocycles. The molecule has 0 saturated heterocycles. The molecule has 1 aromatic carbocycles. The predicted molar refractivity (Wildman–Crippen MR) is 85.4 cm³/mol. The maximum absolute atomic E-state index is 11.8. The van der Waals surface area contributed by atoms with Crippen molar-refractivity contribution >= 4 is 11.8 Å². The SMILES string of the molecule is CCSc1ccc(-c2nc(C(C)(C)C)cc(=O)[nH]2)cc1. The van der Waals surface area contributed by atoms with E-state index in [1.165, 1.54) is 4.90 Å². The number of H-pyrrole nitrogens is 1. The first-order chi connectivity index (χ1) is 9.40. The van der Waals surface area contributed by atoms with Crippen molar-refractivity contribution in [2.45, 2.75) is 38.0 Å². The molecule has 0 saturated carbocycles. The smallest absolute Gasteiger partial charge is 0.251 e. The molecule has 0 fully saturated rings. The first-order valence-corrected chi connectivity index (χ1v) is 7.74. The summed E-state index contributed by atoms with van der Waals surface area (Å²) in [7, 11) is 0. The van der Waals surface area contributed by atoms with Crippen LogP contribution in [0.15, 0.2) is 40.0 Å². The summed E-state index contributed by atoms with van der Waals surface area (Å²) in [6, 6.07) is 9.71. The third-order valence-electron chi connectivity index (χ3n) is 2.95. The predicted octanol–water partition coefficient (Wildman–Crippen LogP) is 3.85. The van der Waals surface area contributed by atoms with Crippen LogP contribution in [0.1, 0.15) is 33.4 Å². The van der Waals surface area contributed by atoms with Crippen molar-refractivity contribution in [3.63, 3.8) is 0 Å². The lowest BCUT2D eigenvalue weighted by Crippen LogP contribution is -2.19. The first kappa shape index (κ1) is 14.9. The van der Waals surface area contributed by atoms with Gasteiger partial charge in [-0.3, -0.25) is 4.79 Å². The van der Waals surface area contributed by atoms with E-state index in [0.717, 1.165) is 17.0 Å². The molecule has 0 radical (unpaired) electrons. The zero-order valence-electron chi connectivity index (χ0n) is 12.4. The van der Waals surface area contributed by atoms with Gasteiger partial charge in [0.25, 0.3) is 5.56 Å². The van der Waals surface area contributed by atoms with E-state index < -0.39 is 0 Å². The summed E-state index contributed by atoms with van der Waals surface area (Å²) in [5.41, 5.74) is 1.50. The van der Waals surface area contributed by atoms with Gasteiger partial charge in [-0.2, -0.15) is 0 Å². The lowest BCUT2D eigenvalue weighted by Gasteiger charge is -2.17. The second-order valence-corrected chi connectivity index (χ2v) is 7.02. The van der Waals surface area contributed by atoms with Crippen molar-refractivity contribution < 1.29 is 0 Å². The van der Waals surface area contributed by atoms with Gasteiger partial charge in [0.05, 0.1) is 5.69 Å². The second-order valence-electron chi connectivity index (χ2n) is 5.69. The fourth-order valence-corrected chi connectivity index (χ4v) is 2.52. The van der Waals surface area contributed by atoms with Crippen LogP contribution in [0.5, 0.6) is 0 Å². The van der Waals surface area contributed by atoms with Crippen molar-refractivity contribution in [2.24, 2.45) is 0 Å². The summed E-state index contributed by atoms with van der Waals surface area (Å²) in [6.45, 7) is 8.29. The molecule has 106 valence electrons. The van der Waals surface area contributed by atoms with Crippen molar-refractivity contribution in [3.8, 4) is 11.4 Å². The summed E-state index contributed by atoms with van der Waals surface area (Å²) < 4.78 is 0. The average molecular weight is 288 g/mol. The second kappa shape index (κ2) is 5.83. The van der Waals surface area contributed by atoms with Crippen molar-refractivity contribution in [3.05, 3.63) is 46.4 Å². The number of rotatable bonds is 3. The highest BCUT2D eigenvalue weighted by atomic mass is 32.2. The lowest BCUT2D eigenvalue weighted by molar-refractivity contribution is 0.566. The maximum Gasteiger partial charge on any atom is 0.251 e. The molecule has 1 N–H and O–H groups in total. The standard InChI is InChI=1S/C16H20N2OS/c1-5-20-12-8-6-11(7-9-12)15-17-13(16(2,3)4)10-14(19)18-15/h6-10H,5H2,1-4H3,(H,17,18,19). The zero-order chi connectivity index (χ0) is 14.8. The molecule has 0 aliphatic heterocycles. The Morgan fingerprint density at radius 2 is 1.85 bits per heavy atom. The topological polar surface area (TPSA) is 45.8 Å². The van der Waals surface area contributed by atoms with Crippen LogP contribution in [0.4, 0.5) is 0 Å². The minimum atomic E-state index is -0.138. The van der Waals surface area contributed by atoms with Crippen LogP contribution in [0.25, 0.3) is 11.4 Å². The molecule has 1 aromatic heterocycles. The highest BCUT2D eigenvalue weighted by Crippen LogP contribution is 2.24. The Labute approximate surface area is 123 Å². The van der Waals surface area contributed by atoms with Crippen molar-refractivity contribution in [1.82, 2.24) is 9.97 Å².